The van der Waals surface area contributed by atoms with Gasteiger partial charge in [-0.15, -0.1) is 0 Å². The van der Waals surface area contributed by atoms with E-state index in [-0.39, 0.29) is 36.8 Å². The Hall–Kier alpha value is -1.83. The molecule has 0 spiro atoms. The van der Waals surface area contributed by atoms with Gasteiger partial charge in [-0.25, -0.2) is 4.79 Å². The number of amides is 3. The predicted octanol–water partition coefficient (Wildman–Crippen LogP) is 1.64. The summed E-state index contributed by atoms with van der Waals surface area (Å²) >= 11 is 5.90. The second-order valence-corrected chi connectivity index (χ2v) is 7.77. The zero-order valence-electron chi connectivity index (χ0n) is 15.1. The van der Waals surface area contributed by atoms with E-state index in [4.69, 9.17) is 21.1 Å². The first-order valence-electron chi connectivity index (χ1n) is 9.39. The smallest absolute Gasteiger partial charge is 0.320 e. The number of likely N-dealkylation sites (tertiary alicyclic amines) is 2. The Morgan fingerprint density at radius 3 is 2.74 bits per heavy atom. The summed E-state index contributed by atoms with van der Waals surface area (Å²) in [6, 6.07) is 7.51. The van der Waals surface area contributed by atoms with Gasteiger partial charge in [-0.3, -0.25) is 4.79 Å². The van der Waals surface area contributed by atoms with Crippen LogP contribution >= 0.6 is 11.6 Å². The number of hydrogen-bond donors (Lipinski definition) is 1. The first-order chi connectivity index (χ1) is 13.1. The van der Waals surface area contributed by atoms with Crippen LogP contribution in [0, 0.1) is 0 Å². The summed E-state index contributed by atoms with van der Waals surface area (Å²) in [5, 5.41) is 3.64. The third-order valence-corrected chi connectivity index (χ3v) is 5.66. The van der Waals surface area contributed by atoms with Crippen molar-refractivity contribution < 1.29 is 19.1 Å². The Labute approximate surface area is 163 Å². The number of morpholine rings is 1. The molecule has 3 atom stereocenters. The van der Waals surface area contributed by atoms with E-state index in [9.17, 15) is 9.59 Å². The second kappa shape index (κ2) is 8.04. The van der Waals surface area contributed by atoms with Crippen LogP contribution in [-0.2, 0) is 20.9 Å². The zero-order chi connectivity index (χ0) is 18.8. The summed E-state index contributed by atoms with van der Waals surface area (Å²) in [5.74, 6) is -0.109. The van der Waals surface area contributed by atoms with Crippen molar-refractivity contribution in [2.45, 2.75) is 37.7 Å². The van der Waals surface area contributed by atoms with Gasteiger partial charge in [0.15, 0.2) is 0 Å². The van der Waals surface area contributed by atoms with E-state index in [0.29, 0.717) is 37.8 Å². The number of halogens is 1. The lowest BCUT2D eigenvalue weighted by molar-refractivity contribution is -0.139. The van der Waals surface area contributed by atoms with E-state index in [2.05, 4.69) is 5.32 Å². The quantitative estimate of drug-likeness (QED) is 0.847. The van der Waals surface area contributed by atoms with Crippen LogP contribution in [0.3, 0.4) is 0 Å². The lowest BCUT2D eigenvalue weighted by Crippen LogP contribution is -2.62. The summed E-state index contributed by atoms with van der Waals surface area (Å²) in [7, 11) is 0. The summed E-state index contributed by atoms with van der Waals surface area (Å²) in [6.45, 7) is 3.08. The number of carbonyl (C=O) groups is 2. The van der Waals surface area contributed by atoms with Crippen LogP contribution in [0.1, 0.15) is 18.4 Å². The van der Waals surface area contributed by atoms with Gasteiger partial charge in [0, 0.05) is 31.2 Å². The maximum atomic E-state index is 12.8. The Morgan fingerprint density at radius 1 is 1.19 bits per heavy atom. The minimum atomic E-state index is -0.109. The Kier molecular flexibility index (Phi) is 5.52. The van der Waals surface area contributed by atoms with Crippen molar-refractivity contribution in [1.29, 1.82) is 0 Å². The lowest BCUT2D eigenvalue weighted by atomic mass is 10.0. The predicted molar refractivity (Wildman–Crippen MR) is 99.5 cm³/mol. The fourth-order valence-electron chi connectivity index (χ4n) is 3.91. The maximum absolute atomic E-state index is 12.8. The SMILES string of the molecule is O=C1CO[C@H]2CCN(C(=O)N3CCC(OCc4ccc(Cl)cc4)C3)C[C@H]2N1. The molecule has 3 aliphatic rings. The number of carbonyl (C=O) groups excluding carboxylic acids is 2. The first kappa shape index (κ1) is 18.5. The molecule has 7 nitrogen and oxygen atoms in total. The molecule has 3 fully saturated rings. The molecule has 27 heavy (non-hydrogen) atoms. The van der Waals surface area contributed by atoms with Gasteiger partial charge in [0.05, 0.1) is 24.9 Å². The number of hydrogen-bond acceptors (Lipinski definition) is 4. The molecule has 3 heterocycles. The monoisotopic (exact) mass is 393 g/mol. The van der Waals surface area contributed by atoms with Crippen molar-refractivity contribution in [3.05, 3.63) is 34.9 Å². The van der Waals surface area contributed by atoms with Crippen LogP contribution < -0.4 is 5.32 Å². The largest absolute Gasteiger partial charge is 0.372 e. The number of fused-ring (bicyclic) bond motifs is 1. The molecule has 3 saturated heterocycles. The summed E-state index contributed by atoms with van der Waals surface area (Å²) in [5.41, 5.74) is 1.07. The molecule has 146 valence electrons. The average molecular weight is 394 g/mol. The standard InChI is InChI=1S/C19H24ClN3O4/c20-14-3-1-13(2-4-14)11-26-15-5-7-22(9-15)19(25)23-8-6-17-16(10-23)21-18(24)12-27-17/h1-4,15-17H,5-12H2,(H,21,24)/t15?,16-,17+/m1/s1. The van der Waals surface area contributed by atoms with Gasteiger partial charge in [0.25, 0.3) is 0 Å². The molecule has 3 aliphatic heterocycles. The van der Waals surface area contributed by atoms with Gasteiger partial charge >= 0.3 is 6.03 Å². The highest BCUT2D eigenvalue weighted by Crippen LogP contribution is 2.22. The molecule has 3 amide bonds. The molecule has 1 unspecified atom stereocenters. The second-order valence-electron chi connectivity index (χ2n) is 7.33. The molecule has 1 aromatic carbocycles. The van der Waals surface area contributed by atoms with Gasteiger partial charge in [0.1, 0.15) is 6.61 Å². The van der Waals surface area contributed by atoms with Crippen LogP contribution in [0.15, 0.2) is 24.3 Å². The number of urea groups is 1. The topological polar surface area (TPSA) is 71.1 Å². The molecule has 4 rings (SSSR count). The van der Waals surface area contributed by atoms with Crippen molar-refractivity contribution in [3.63, 3.8) is 0 Å². The lowest BCUT2D eigenvalue weighted by Gasteiger charge is -2.42. The van der Waals surface area contributed by atoms with Crippen LogP contribution in [0.2, 0.25) is 5.02 Å². The van der Waals surface area contributed by atoms with Crippen molar-refractivity contribution >= 4 is 23.5 Å². The number of benzene rings is 1. The van der Waals surface area contributed by atoms with Crippen LogP contribution in [0.4, 0.5) is 4.79 Å². The molecular weight excluding hydrogens is 370 g/mol. The number of piperidine rings is 1. The van der Waals surface area contributed by atoms with Crippen LogP contribution in [0.5, 0.6) is 0 Å². The Bertz CT molecular complexity index is 699. The molecule has 0 aromatic heterocycles. The molecule has 0 radical (unpaired) electrons. The number of ether oxygens (including phenoxy) is 2. The normalized spacial score (nSPS) is 28.0. The highest BCUT2D eigenvalue weighted by molar-refractivity contribution is 6.30. The minimum absolute atomic E-state index is 0.0146. The summed E-state index contributed by atoms with van der Waals surface area (Å²) in [4.78, 5) is 28.0. The number of nitrogens with one attached hydrogen (secondary N) is 1. The van der Waals surface area contributed by atoms with E-state index in [0.717, 1.165) is 18.4 Å². The van der Waals surface area contributed by atoms with Crippen LogP contribution in [0.25, 0.3) is 0 Å². The van der Waals surface area contributed by atoms with E-state index in [1.165, 1.54) is 0 Å². The maximum Gasteiger partial charge on any atom is 0.320 e. The average Bonchev–Trinajstić information content (AvgIpc) is 3.15. The van der Waals surface area contributed by atoms with E-state index in [1.807, 2.05) is 34.1 Å². The van der Waals surface area contributed by atoms with Crippen molar-refractivity contribution in [3.8, 4) is 0 Å². The van der Waals surface area contributed by atoms with Gasteiger partial charge in [-0.2, -0.15) is 0 Å². The van der Waals surface area contributed by atoms with Crippen molar-refractivity contribution in [1.82, 2.24) is 15.1 Å². The minimum Gasteiger partial charge on any atom is -0.372 e. The Balaban J connectivity index is 1.26. The van der Waals surface area contributed by atoms with Gasteiger partial charge in [-0.05, 0) is 30.5 Å². The third kappa shape index (κ3) is 4.36. The summed E-state index contributed by atoms with van der Waals surface area (Å²) in [6.07, 6.45) is 1.64. The molecule has 8 heteroatoms. The van der Waals surface area contributed by atoms with E-state index >= 15 is 0 Å². The van der Waals surface area contributed by atoms with Crippen molar-refractivity contribution in [2.75, 3.05) is 32.8 Å². The highest BCUT2D eigenvalue weighted by Gasteiger charge is 2.38. The third-order valence-electron chi connectivity index (χ3n) is 5.41. The first-order valence-corrected chi connectivity index (χ1v) is 9.77. The van der Waals surface area contributed by atoms with Crippen LogP contribution in [-0.4, -0.2) is 72.8 Å². The fraction of sp³-hybridized carbons (Fsp3) is 0.579. The van der Waals surface area contributed by atoms with Gasteiger partial charge in [-0.1, -0.05) is 23.7 Å². The molecule has 0 aliphatic carbocycles. The summed E-state index contributed by atoms with van der Waals surface area (Å²) < 4.78 is 11.5. The molecule has 1 N–H and O–H groups in total. The van der Waals surface area contributed by atoms with Gasteiger partial charge < -0.3 is 24.6 Å². The highest BCUT2D eigenvalue weighted by atomic mass is 35.5. The van der Waals surface area contributed by atoms with Gasteiger partial charge in [0.2, 0.25) is 5.91 Å². The zero-order valence-corrected chi connectivity index (χ0v) is 15.9. The number of rotatable bonds is 3. The molecule has 0 bridgehead atoms. The molecule has 0 saturated carbocycles. The Morgan fingerprint density at radius 2 is 1.93 bits per heavy atom. The van der Waals surface area contributed by atoms with Crippen molar-refractivity contribution in [2.24, 2.45) is 0 Å². The molecule has 1 aromatic rings. The fourth-order valence-corrected chi connectivity index (χ4v) is 4.03. The molecular formula is C19H24ClN3O4. The van der Waals surface area contributed by atoms with E-state index in [1.54, 1.807) is 0 Å². The number of nitrogens with zero attached hydrogens (tertiary/aromatic N) is 2. The van der Waals surface area contributed by atoms with E-state index < -0.39 is 0 Å².